The lowest BCUT2D eigenvalue weighted by atomic mass is 9.80. The number of anilines is 1. The van der Waals surface area contributed by atoms with E-state index < -0.39 is 0 Å². The minimum atomic E-state index is -0.0846. The van der Waals surface area contributed by atoms with Gasteiger partial charge in [0, 0.05) is 23.7 Å². The van der Waals surface area contributed by atoms with Gasteiger partial charge in [0.1, 0.15) is 0 Å². The number of amides is 2. The molecule has 1 aromatic rings. The number of hydrogen-bond acceptors (Lipinski definition) is 2. The van der Waals surface area contributed by atoms with Crippen molar-refractivity contribution < 1.29 is 9.59 Å². The maximum atomic E-state index is 12.1. The molecule has 0 fully saturated rings. The highest BCUT2D eigenvalue weighted by atomic mass is 16.2. The van der Waals surface area contributed by atoms with Gasteiger partial charge in [-0.3, -0.25) is 9.59 Å². The summed E-state index contributed by atoms with van der Waals surface area (Å²) in [5.41, 5.74) is 1.43. The molecule has 2 atom stereocenters. The third kappa shape index (κ3) is 6.43. The van der Waals surface area contributed by atoms with Crippen LogP contribution in [0.1, 0.15) is 64.7 Å². The Morgan fingerprint density at radius 2 is 1.65 bits per heavy atom. The van der Waals surface area contributed by atoms with Crippen LogP contribution in [-0.2, 0) is 4.79 Å². The summed E-state index contributed by atoms with van der Waals surface area (Å²) >= 11 is 0. The van der Waals surface area contributed by atoms with Crippen molar-refractivity contribution in [2.24, 2.45) is 11.3 Å². The van der Waals surface area contributed by atoms with Crippen molar-refractivity contribution in [2.75, 3.05) is 5.32 Å². The first kappa shape index (κ1) is 19.2. The summed E-state index contributed by atoms with van der Waals surface area (Å²) in [6.07, 6.45) is 1.38. The number of hydrogen-bond donors (Lipinski definition) is 2. The Morgan fingerprint density at radius 3 is 2.13 bits per heavy atom. The predicted molar refractivity (Wildman–Crippen MR) is 95.5 cm³/mol. The molecule has 23 heavy (non-hydrogen) atoms. The minimum absolute atomic E-state index is 0.00392. The number of nitrogens with one attached hydrogen (secondary N) is 2. The maximum absolute atomic E-state index is 12.1. The predicted octanol–water partition coefficient (Wildman–Crippen LogP) is 4.23. The first-order chi connectivity index (χ1) is 10.6. The Morgan fingerprint density at radius 1 is 1.09 bits per heavy atom. The van der Waals surface area contributed by atoms with E-state index in [0.29, 0.717) is 17.9 Å². The number of rotatable bonds is 6. The fraction of sp³-hybridized carbons (Fsp3) is 0.579. The average Bonchev–Trinajstić information content (AvgIpc) is 2.46. The van der Waals surface area contributed by atoms with E-state index in [1.807, 2.05) is 13.8 Å². The van der Waals surface area contributed by atoms with E-state index in [2.05, 4.69) is 38.3 Å². The Kier molecular flexibility index (Phi) is 6.79. The van der Waals surface area contributed by atoms with Crippen LogP contribution >= 0.6 is 0 Å². The van der Waals surface area contributed by atoms with E-state index in [0.717, 1.165) is 12.1 Å². The molecule has 0 aliphatic carbocycles. The molecule has 0 heterocycles. The van der Waals surface area contributed by atoms with Crippen LogP contribution in [-0.4, -0.2) is 17.9 Å². The van der Waals surface area contributed by atoms with Crippen LogP contribution in [0.5, 0.6) is 0 Å². The molecule has 0 spiro atoms. The molecule has 4 nitrogen and oxygen atoms in total. The molecule has 1 aromatic carbocycles. The Balaban J connectivity index is 2.60. The first-order valence-corrected chi connectivity index (χ1v) is 8.34. The van der Waals surface area contributed by atoms with Gasteiger partial charge < -0.3 is 10.6 Å². The summed E-state index contributed by atoms with van der Waals surface area (Å²) in [5.74, 6) is 0.214. The van der Waals surface area contributed by atoms with Crippen LogP contribution in [0.3, 0.4) is 0 Å². The summed E-state index contributed by atoms with van der Waals surface area (Å²) in [5, 5.41) is 5.81. The highest BCUT2D eigenvalue weighted by Gasteiger charge is 2.22. The molecular formula is C19H30N2O2. The van der Waals surface area contributed by atoms with Gasteiger partial charge >= 0.3 is 0 Å². The number of benzene rings is 1. The SMILES string of the molecule is CCC(C)NC(=O)c1ccc(NC(=O)CC(C)C(C)(C)C)cc1. The topological polar surface area (TPSA) is 58.2 Å². The molecule has 0 saturated carbocycles. The smallest absolute Gasteiger partial charge is 0.251 e. The first-order valence-electron chi connectivity index (χ1n) is 8.34. The van der Waals surface area contributed by atoms with Crippen LogP contribution in [0.2, 0.25) is 0 Å². The normalized spacial score (nSPS) is 14.0. The highest BCUT2D eigenvalue weighted by Crippen LogP contribution is 2.28. The molecule has 1 rings (SSSR count). The second kappa shape index (κ2) is 8.14. The van der Waals surface area contributed by atoms with E-state index in [1.54, 1.807) is 24.3 Å². The van der Waals surface area contributed by atoms with Gasteiger partial charge in [-0.15, -0.1) is 0 Å². The van der Waals surface area contributed by atoms with Crippen LogP contribution in [0.25, 0.3) is 0 Å². The van der Waals surface area contributed by atoms with Gasteiger partial charge in [0.25, 0.3) is 5.91 Å². The largest absolute Gasteiger partial charge is 0.350 e. The molecule has 2 amide bonds. The van der Waals surface area contributed by atoms with Crippen molar-refractivity contribution in [1.29, 1.82) is 0 Å². The van der Waals surface area contributed by atoms with Gasteiger partial charge in [-0.1, -0.05) is 34.6 Å². The quantitative estimate of drug-likeness (QED) is 0.825. The van der Waals surface area contributed by atoms with Crippen molar-refractivity contribution in [3.8, 4) is 0 Å². The highest BCUT2D eigenvalue weighted by molar-refractivity contribution is 5.96. The van der Waals surface area contributed by atoms with Crippen molar-refractivity contribution in [1.82, 2.24) is 5.32 Å². The van der Waals surface area contributed by atoms with Gasteiger partial charge in [0.2, 0.25) is 5.91 Å². The van der Waals surface area contributed by atoms with E-state index in [-0.39, 0.29) is 23.3 Å². The molecule has 2 N–H and O–H groups in total. The van der Waals surface area contributed by atoms with E-state index in [4.69, 9.17) is 0 Å². The van der Waals surface area contributed by atoms with Crippen LogP contribution in [0.15, 0.2) is 24.3 Å². The van der Waals surface area contributed by atoms with E-state index in [1.165, 1.54) is 0 Å². The van der Waals surface area contributed by atoms with Crippen LogP contribution in [0, 0.1) is 11.3 Å². The summed E-state index contributed by atoms with van der Waals surface area (Å²) in [6.45, 7) is 12.5. The fourth-order valence-electron chi connectivity index (χ4n) is 1.91. The Labute approximate surface area is 140 Å². The molecule has 0 bridgehead atoms. The third-order valence-electron chi connectivity index (χ3n) is 4.39. The summed E-state index contributed by atoms with van der Waals surface area (Å²) in [7, 11) is 0. The second-order valence-corrected chi connectivity index (χ2v) is 7.38. The molecule has 0 aromatic heterocycles. The summed E-state index contributed by atoms with van der Waals surface area (Å²) < 4.78 is 0. The van der Waals surface area contributed by atoms with Crippen molar-refractivity contribution in [3.05, 3.63) is 29.8 Å². The van der Waals surface area contributed by atoms with Crippen molar-refractivity contribution in [2.45, 2.75) is 60.4 Å². The second-order valence-electron chi connectivity index (χ2n) is 7.38. The standard InChI is InChI=1S/C19H30N2O2/c1-7-14(3)20-18(23)15-8-10-16(11-9-15)21-17(22)12-13(2)19(4,5)6/h8-11,13-14H,7,12H2,1-6H3,(H,20,23)(H,21,22). The molecule has 128 valence electrons. The lowest BCUT2D eigenvalue weighted by Crippen LogP contribution is -2.31. The molecule has 0 saturated heterocycles. The molecular weight excluding hydrogens is 288 g/mol. The lowest BCUT2D eigenvalue weighted by Gasteiger charge is -2.26. The zero-order valence-electron chi connectivity index (χ0n) is 15.2. The summed E-state index contributed by atoms with van der Waals surface area (Å²) in [6, 6.07) is 7.16. The van der Waals surface area contributed by atoms with Gasteiger partial charge in [-0.2, -0.15) is 0 Å². The van der Waals surface area contributed by atoms with E-state index >= 15 is 0 Å². The van der Waals surface area contributed by atoms with Gasteiger partial charge in [0.05, 0.1) is 0 Å². The minimum Gasteiger partial charge on any atom is -0.350 e. The van der Waals surface area contributed by atoms with Crippen LogP contribution in [0.4, 0.5) is 5.69 Å². The number of carbonyl (C=O) groups excluding carboxylic acids is 2. The third-order valence-corrected chi connectivity index (χ3v) is 4.39. The maximum Gasteiger partial charge on any atom is 0.251 e. The molecule has 0 aliphatic heterocycles. The van der Waals surface area contributed by atoms with Gasteiger partial charge in [-0.25, -0.2) is 0 Å². The van der Waals surface area contributed by atoms with E-state index in [9.17, 15) is 9.59 Å². The van der Waals surface area contributed by atoms with Crippen molar-refractivity contribution in [3.63, 3.8) is 0 Å². The average molecular weight is 318 g/mol. The van der Waals surface area contributed by atoms with Crippen molar-refractivity contribution >= 4 is 17.5 Å². The molecule has 0 radical (unpaired) electrons. The zero-order valence-corrected chi connectivity index (χ0v) is 15.2. The Hall–Kier alpha value is -1.84. The lowest BCUT2D eigenvalue weighted by molar-refractivity contribution is -0.117. The monoisotopic (exact) mass is 318 g/mol. The molecule has 0 aliphatic rings. The van der Waals surface area contributed by atoms with Gasteiger partial charge in [0.15, 0.2) is 0 Å². The Bertz CT molecular complexity index is 529. The fourth-order valence-corrected chi connectivity index (χ4v) is 1.91. The number of carbonyl (C=O) groups is 2. The molecule has 4 heteroatoms. The zero-order chi connectivity index (χ0) is 17.6. The molecule has 2 unspecified atom stereocenters. The van der Waals surface area contributed by atoms with Gasteiger partial charge in [-0.05, 0) is 48.9 Å². The summed E-state index contributed by atoms with van der Waals surface area (Å²) in [4.78, 5) is 24.1. The van der Waals surface area contributed by atoms with Crippen LogP contribution < -0.4 is 10.6 Å².